The maximum atomic E-state index is 12.6. The number of esters is 1. The Balaban J connectivity index is 1.38. The maximum Gasteiger partial charge on any atom is 0.338 e. The Bertz CT molecular complexity index is 814. The lowest BCUT2D eigenvalue weighted by atomic mass is 9.85. The van der Waals surface area contributed by atoms with Gasteiger partial charge in [-0.25, -0.2) is 4.79 Å². The van der Waals surface area contributed by atoms with Gasteiger partial charge in [0.25, 0.3) is 0 Å². The highest BCUT2D eigenvalue weighted by molar-refractivity contribution is 6.09. The van der Waals surface area contributed by atoms with Crippen molar-refractivity contribution in [2.45, 2.75) is 13.3 Å². The maximum absolute atomic E-state index is 12.6. The van der Waals surface area contributed by atoms with Crippen molar-refractivity contribution in [3.05, 3.63) is 42.0 Å². The molecule has 0 aromatic heterocycles. The van der Waals surface area contributed by atoms with Crippen molar-refractivity contribution in [1.82, 2.24) is 4.90 Å². The lowest BCUT2D eigenvalue weighted by molar-refractivity contribution is -0.143. The molecule has 0 spiro atoms. The number of hydrogen-bond acceptors (Lipinski definition) is 5. The van der Waals surface area contributed by atoms with E-state index in [0.717, 1.165) is 11.3 Å². The molecule has 1 N–H and O–H groups in total. The zero-order valence-corrected chi connectivity index (χ0v) is 14.9. The highest BCUT2D eigenvalue weighted by Gasteiger charge is 2.59. The van der Waals surface area contributed by atoms with Gasteiger partial charge in [0.15, 0.2) is 0 Å². The molecule has 1 aromatic carbocycles. The Morgan fingerprint density at radius 3 is 2.22 bits per heavy atom. The second kappa shape index (κ2) is 6.64. The summed E-state index contributed by atoms with van der Waals surface area (Å²) in [7, 11) is 0. The second-order valence-electron chi connectivity index (χ2n) is 7.11. The zero-order chi connectivity index (χ0) is 19.1. The molecular formula is C20H20N2O5. The van der Waals surface area contributed by atoms with E-state index in [0.29, 0.717) is 11.3 Å². The largest absolute Gasteiger partial charge is 0.462 e. The second-order valence-corrected chi connectivity index (χ2v) is 7.11. The summed E-state index contributed by atoms with van der Waals surface area (Å²) in [4.78, 5) is 50.2. The number of anilines is 1. The Labute approximate surface area is 156 Å². The Kier molecular flexibility index (Phi) is 4.30. The van der Waals surface area contributed by atoms with Crippen LogP contribution < -0.4 is 5.32 Å². The Morgan fingerprint density at radius 2 is 1.67 bits per heavy atom. The summed E-state index contributed by atoms with van der Waals surface area (Å²) in [6, 6.07) is 6.26. The molecule has 7 heteroatoms. The predicted molar refractivity (Wildman–Crippen MR) is 95.5 cm³/mol. The molecule has 2 bridgehead atoms. The Morgan fingerprint density at radius 1 is 1.07 bits per heavy atom. The number of amides is 3. The normalized spacial score (nSPS) is 27.8. The highest BCUT2D eigenvalue weighted by Crippen LogP contribution is 2.52. The van der Waals surface area contributed by atoms with Gasteiger partial charge in [-0.05, 0) is 49.4 Å². The van der Waals surface area contributed by atoms with Gasteiger partial charge < -0.3 is 10.1 Å². The summed E-state index contributed by atoms with van der Waals surface area (Å²) >= 11 is 0. The Hall–Kier alpha value is -2.96. The van der Waals surface area contributed by atoms with Crippen LogP contribution in [-0.4, -0.2) is 41.7 Å². The molecule has 1 aliphatic heterocycles. The van der Waals surface area contributed by atoms with Crippen LogP contribution in [0.4, 0.5) is 5.69 Å². The minimum absolute atomic E-state index is 0.125. The molecule has 0 radical (unpaired) electrons. The van der Waals surface area contributed by atoms with Crippen molar-refractivity contribution in [2.24, 2.45) is 23.7 Å². The third-order valence-corrected chi connectivity index (χ3v) is 5.54. The number of nitrogens with zero attached hydrogens (tertiary/aromatic N) is 1. The van der Waals surface area contributed by atoms with E-state index in [9.17, 15) is 19.2 Å². The summed E-state index contributed by atoms with van der Waals surface area (Å²) in [5.41, 5.74) is 0.865. The minimum atomic E-state index is -0.444. The minimum Gasteiger partial charge on any atom is -0.462 e. The van der Waals surface area contributed by atoms with E-state index >= 15 is 0 Å². The summed E-state index contributed by atoms with van der Waals surface area (Å²) in [6.07, 6.45) is 4.90. The number of rotatable bonds is 5. The number of imide groups is 1. The first-order valence-electron chi connectivity index (χ1n) is 9.10. The molecular weight excluding hydrogens is 348 g/mol. The lowest BCUT2D eigenvalue weighted by Crippen LogP contribution is -2.39. The van der Waals surface area contributed by atoms with Gasteiger partial charge in [-0.15, -0.1) is 0 Å². The molecule has 140 valence electrons. The van der Waals surface area contributed by atoms with Gasteiger partial charge in [0.1, 0.15) is 6.54 Å². The molecule has 0 unspecified atom stereocenters. The summed E-state index contributed by atoms with van der Waals surface area (Å²) in [5, 5.41) is 2.66. The first kappa shape index (κ1) is 17.5. The van der Waals surface area contributed by atoms with E-state index < -0.39 is 11.9 Å². The van der Waals surface area contributed by atoms with Gasteiger partial charge >= 0.3 is 5.97 Å². The molecule has 2 aliphatic carbocycles. The van der Waals surface area contributed by atoms with E-state index in [1.165, 1.54) is 0 Å². The monoisotopic (exact) mass is 368 g/mol. The number of nitrogens with one attached hydrogen (secondary N) is 1. The van der Waals surface area contributed by atoms with Crippen molar-refractivity contribution >= 4 is 29.4 Å². The molecule has 1 heterocycles. The average Bonchev–Trinajstić information content (AvgIpc) is 3.32. The fraction of sp³-hybridized carbons (Fsp3) is 0.400. The van der Waals surface area contributed by atoms with Gasteiger partial charge in [0.05, 0.1) is 24.0 Å². The van der Waals surface area contributed by atoms with E-state index in [4.69, 9.17) is 4.74 Å². The van der Waals surface area contributed by atoms with Crippen LogP contribution >= 0.6 is 0 Å². The van der Waals surface area contributed by atoms with Crippen LogP contribution in [-0.2, 0) is 19.1 Å². The van der Waals surface area contributed by atoms with Crippen LogP contribution in [0.5, 0.6) is 0 Å². The predicted octanol–water partition coefficient (Wildman–Crippen LogP) is 1.61. The SMILES string of the molecule is CCOC(=O)c1ccc(NC(=O)CN2C(=O)[C@@H]3[C@@H](C2=O)[C@H]2C=C[C@H]3C2)cc1. The molecule has 3 aliphatic rings. The van der Waals surface area contributed by atoms with Crippen molar-refractivity contribution in [3.8, 4) is 0 Å². The molecule has 1 saturated carbocycles. The third kappa shape index (κ3) is 2.93. The highest BCUT2D eigenvalue weighted by atomic mass is 16.5. The van der Waals surface area contributed by atoms with Crippen LogP contribution in [0.15, 0.2) is 36.4 Å². The first-order valence-corrected chi connectivity index (χ1v) is 9.10. The summed E-state index contributed by atoms with van der Waals surface area (Å²) in [5.74, 6) is -1.71. The number of carbonyl (C=O) groups is 4. The molecule has 1 saturated heterocycles. The molecule has 2 fully saturated rings. The van der Waals surface area contributed by atoms with Crippen molar-refractivity contribution in [2.75, 3.05) is 18.5 Å². The molecule has 4 atom stereocenters. The molecule has 7 nitrogen and oxygen atoms in total. The average molecular weight is 368 g/mol. The van der Waals surface area contributed by atoms with E-state index in [1.54, 1.807) is 31.2 Å². The smallest absolute Gasteiger partial charge is 0.338 e. The van der Waals surface area contributed by atoms with Crippen molar-refractivity contribution in [3.63, 3.8) is 0 Å². The van der Waals surface area contributed by atoms with Crippen molar-refractivity contribution in [1.29, 1.82) is 0 Å². The van der Waals surface area contributed by atoms with Crippen molar-refractivity contribution < 1.29 is 23.9 Å². The molecule has 27 heavy (non-hydrogen) atoms. The number of carbonyl (C=O) groups excluding carboxylic acids is 4. The van der Waals surface area contributed by atoms with E-state index in [2.05, 4.69) is 5.32 Å². The number of benzene rings is 1. The van der Waals surface area contributed by atoms with Gasteiger partial charge in [-0.3, -0.25) is 19.3 Å². The third-order valence-electron chi connectivity index (χ3n) is 5.54. The molecule has 3 amide bonds. The number of hydrogen-bond donors (Lipinski definition) is 1. The number of allylic oxidation sites excluding steroid dienone is 2. The number of likely N-dealkylation sites (tertiary alicyclic amines) is 1. The topological polar surface area (TPSA) is 92.8 Å². The lowest BCUT2D eigenvalue weighted by Gasteiger charge is -2.16. The molecule has 4 rings (SSSR count). The first-order chi connectivity index (χ1) is 13.0. The van der Waals surface area contributed by atoms with Gasteiger partial charge in [0.2, 0.25) is 17.7 Å². The van der Waals surface area contributed by atoms with Gasteiger partial charge in [-0.1, -0.05) is 12.2 Å². The summed E-state index contributed by atoms with van der Waals surface area (Å²) < 4.78 is 4.91. The van der Waals surface area contributed by atoms with Crippen LogP contribution in [0.1, 0.15) is 23.7 Å². The quantitative estimate of drug-likeness (QED) is 0.484. The van der Waals surface area contributed by atoms with Crippen LogP contribution in [0, 0.1) is 23.7 Å². The summed E-state index contributed by atoms with van der Waals surface area (Å²) in [6.45, 7) is 1.72. The van der Waals surface area contributed by atoms with E-state index in [-0.39, 0.29) is 48.6 Å². The molecule has 1 aromatic rings. The fourth-order valence-corrected chi connectivity index (χ4v) is 4.37. The number of fused-ring (bicyclic) bond motifs is 5. The van der Waals surface area contributed by atoms with Crippen LogP contribution in [0.25, 0.3) is 0 Å². The van der Waals surface area contributed by atoms with Crippen LogP contribution in [0.3, 0.4) is 0 Å². The number of ether oxygens (including phenoxy) is 1. The van der Waals surface area contributed by atoms with Crippen LogP contribution in [0.2, 0.25) is 0 Å². The standard InChI is InChI=1S/C20H20N2O5/c1-2-27-20(26)11-5-7-14(8-6-11)21-15(23)10-22-18(24)16-12-3-4-13(9-12)17(16)19(22)25/h3-8,12-13,16-17H,2,9-10H2,1H3,(H,21,23)/t12-,13-,16-,17-/m0/s1. The van der Waals surface area contributed by atoms with E-state index in [1.807, 2.05) is 12.2 Å². The van der Waals surface area contributed by atoms with Gasteiger partial charge in [-0.2, -0.15) is 0 Å². The zero-order valence-electron chi connectivity index (χ0n) is 14.9. The van der Waals surface area contributed by atoms with Gasteiger partial charge in [0, 0.05) is 5.69 Å². The fourth-order valence-electron chi connectivity index (χ4n) is 4.37.